The van der Waals surface area contributed by atoms with Crippen LogP contribution in [0.1, 0.15) is 6.92 Å². The van der Waals surface area contributed by atoms with Gasteiger partial charge in [0.1, 0.15) is 12.1 Å². The molecule has 0 unspecified atom stereocenters. The van der Waals surface area contributed by atoms with Gasteiger partial charge in [0.05, 0.1) is 4.92 Å². The number of allylic oxidation sites excluding steroid dienone is 2. The molecule has 0 bridgehead atoms. The summed E-state index contributed by atoms with van der Waals surface area (Å²) in [6, 6.07) is 2.82. The number of hydrogen-bond donors (Lipinski definition) is 0. The van der Waals surface area contributed by atoms with Crippen LogP contribution in [0.3, 0.4) is 0 Å². The van der Waals surface area contributed by atoms with Gasteiger partial charge >= 0.3 is 0 Å². The fourth-order valence-electron chi connectivity index (χ4n) is 0.278. The second kappa shape index (κ2) is 3.21. The SMILES string of the molecule is CC(=C(C#N)C#N)[N+](=O)[O-]. The minimum Gasteiger partial charge on any atom is -0.259 e. The molecule has 0 aromatic heterocycles. The molecule has 0 aliphatic carbocycles. The van der Waals surface area contributed by atoms with Crippen LogP contribution >= 0.6 is 0 Å². The van der Waals surface area contributed by atoms with Gasteiger partial charge in [0.15, 0.2) is 0 Å². The van der Waals surface area contributed by atoms with Crippen LogP contribution in [-0.4, -0.2) is 4.92 Å². The van der Waals surface area contributed by atoms with Crippen molar-refractivity contribution >= 4 is 0 Å². The maximum absolute atomic E-state index is 9.90. The summed E-state index contributed by atoms with van der Waals surface area (Å²) in [4.78, 5) is 9.14. The Bertz CT molecular complexity index is 250. The van der Waals surface area contributed by atoms with E-state index in [1.54, 1.807) is 0 Å². The van der Waals surface area contributed by atoms with Crippen LogP contribution in [0.5, 0.6) is 0 Å². The van der Waals surface area contributed by atoms with Crippen LogP contribution in [-0.2, 0) is 0 Å². The van der Waals surface area contributed by atoms with Gasteiger partial charge in [0.2, 0.25) is 5.57 Å². The largest absolute Gasteiger partial charge is 0.271 e. The Labute approximate surface area is 56.9 Å². The molecule has 50 valence electrons. The lowest BCUT2D eigenvalue weighted by Crippen LogP contribution is -1.96. The van der Waals surface area contributed by atoms with Crippen molar-refractivity contribution in [1.29, 1.82) is 10.5 Å². The molecule has 0 saturated heterocycles. The van der Waals surface area contributed by atoms with Crippen molar-refractivity contribution in [2.75, 3.05) is 0 Å². The maximum atomic E-state index is 9.90. The molecular weight excluding hydrogens is 134 g/mol. The summed E-state index contributed by atoms with van der Waals surface area (Å²) < 4.78 is 0. The normalized spacial score (nSPS) is 7.10. The van der Waals surface area contributed by atoms with Crippen LogP contribution in [0.25, 0.3) is 0 Å². The van der Waals surface area contributed by atoms with Crippen molar-refractivity contribution in [3.05, 3.63) is 21.4 Å². The Morgan fingerprint density at radius 1 is 1.50 bits per heavy atom. The standard InChI is InChI=1S/C5H3N3O2/c1-4(8(9)10)5(2-6)3-7/h1H3. The van der Waals surface area contributed by atoms with Crippen molar-refractivity contribution in [3.8, 4) is 12.1 Å². The van der Waals surface area contributed by atoms with Gasteiger partial charge in [0, 0.05) is 6.92 Å². The van der Waals surface area contributed by atoms with Crippen molar-refractivity contribution in [3.63, 3.8) is 0 Å². The highest BCUT2D eigenvalue weighted by atomic mass is 16.6. The van der Waals surface area contributed by atoms with Crippen LogP contribution in [0, 0.1) is 32.8 Å². The van der Waals surface area contributed by atoms with E-state index in [2.05, 4.69) is 0 Å². The lowest BCUT2D eigenvalue weighted by molar-refractivity contribution is -0.424. The lowest BCUT2D eigenvalue weighted by atomic mass is 10.3. The van der Waals surface area contributed by atoms with Gasteiger partial charge in [0.25, 0.3) is 5.70 Å². The Balaban J connectivity index is 4.89. The fraction of sp³-hybridized carbons (Fsp3) is 0.200. The van der Waals surface area contributed by atoms with E-state index in [0.29, 0.717) is 0 Å². The molecule has 0 radical (unpaired) electrons. The first-order chi connectivity index (χ1) is 4.63. The van der Waals surface area contributed by atoms with Crippen LogP contribution in [0.4, 0.5) is 0 Å². The molecule has 10 heavy (non-hydrogen) atoms. The first kappa shape index (κ1) is 8.12. The number of nitrogens with zero attached hydrogens (tertiary/aromatic N) is 3. The van der Waals surface area contributed by atoms with Gasteiger partial charge in [-0.25, -0.2) is 0 Å². The molecule has 0 fully saturated rings. The topological polar surface area (TPSA) is 90.7 Å². The van der Waals surface area contributed by atoms with E-state index in [4.69, 9.17) is 10.5 Å². The zero-order valence-corrected chi connectivity index (χ0v) is 5.16. The van der Waals surface area contributed by atoms with E-state index in [-0.39, 0.29) is 0 Å². The van der Waals surface area contributed by atoms with Crippen LogP contribution < -0.4 is 0 Å². The van der Waals surface area contributed by atoms with E-state index in [0.717, 1.165) is 6.92 Å². The first-order valence-electron chi connectivity index (χ1n) is 2.29. The summed E-state index contributed by atoms with van der Waals surface area (Å²) in [7, 11) is 0. The fourth-order valence-corrected chi connectivity index (χ4v) is 0.278. The minimum atomic E-state index is -0.762. The van der Waals surface area contributed by atoms with E-state index < -0.39 is 16.2 Å². The highest BCUT2D eigenvalue weighted by molar-refractivity contribution is 5.36. The number of rotatable bonds is 1. The first-order valence-corrected chi connectivity index (χ1v) is 2.29. The Hall–Kier alpha value is -1.88. The quantitative estimate of drug-likeness (QED) is 0.300. The maximum Gasteiger partial charge on any atom is 0.271 e. The summed E-state index contributed by atoms with van der Waals surface area (Å²) in [5.74, 6) is 0. The van der Waals surface area contributed by atoms with Gasteiger partial charge < -0.3 is 0 Å². The Kier molecular flexibility index (Phi) is 2.60. The average molecular weight is 137 g/mol. The Morgan fingerprint density at radius 2 is 1.90 bits per heavy atom. The molecule has 0 N–H and O–H groups in total. The number of nitriles is 2. The van der Waals surface area contributed by atoms with Crippen molar-refractivity contribution in [1.82, 2.24) is 0 Å². The predicted octanol–water partition coefficient (Wildman–Crippen LogP) is 0.584. The van der Waals surface area contributed by atoms with Gasteiger partial charge in [-0.05, 0) is 0 Å². The summed E-state index contributed by atoms with van der Waals surface area (Å²) in [6.45, 7) is 1.11. The lowest BCUT2D eigenvalue weighted by Gasteiger charge is -1.85. The highest BCUT2D eigenvalue weighted by Gasteiger charge is 2.10. The number of hydrogen-bond acceptors (Lipinski definition) is 4. The monoisotopic (exact) mass is 137 g/mol. The zero-order valence-electron chi connectivity index (χ0n) is 5.16. The third-order valence-corrected chi connectivity index (χ3v) is 0.859. The molecule has 0 saturated carbocycles. The van der Waals surface area contributed by atoms with Crippen LogP contribution in [0.2, 0.25) is 0 Å². The third kappa shape index (κ3) is 1.57. The van der Waals surface area contributed by atoms with E-state index >= 15 is 0 Å². The van der Waals surface area contributed by atoms with Gasteiger partial charge in [-0.15, -0.1) is 0 Å². The minimum absolute atomic E-state index is 0.412. The zero-order chi connectivity index (χ0) is 8.15. The molecule has 0 amide bonds. The number of nitro groups is 1. The molecule has 0 rings (SSSR count). The molecule has 5 nitrogen and oxygen atoms in total. The second-order valence-electron chi connectivity index (χ2n) is 1.44. The Morgan fingerprint density at radius 3 is 2.00 bits per heavy atom. The summed E-state index contributed by atoms with van der Waals surface area (Å²) in [6.07, 6.45) is 0. The van der Waals surface area contributed by atoms with Crippen molar-refractivity contribution in [2.24, 2.45) is 0 Å². The second-order valence-corrected chi connectivity index (χ2v) is 1.44. The summed E-state index contributed by atoms with van der Waals surface area (Å²) in [5.41, 5.74) is -0.866. The predicted molar refractivity (Wildman–Crippen MR) is 30.9 cm³/mol. The molecule has 0 heterocycles. The molecule has 5 heteroatoms. The van der Waals surface area contributed by atoms with Crippen LogP contribution in [0.15, 0.2) is 11.3 Å². The van der Waals surface area contributed by atoms with E-state index in [1.807, 2.05) is 0 Å². The van der Waals surface area contributed by atoms with Gasteiger partial charge in [-0.1, -0.05) is 0 Å². The molecule has 0 aliphatic rings. The highest BCUT2D eigenvalue weighted by Crippen LogP contribution is 2.00. The molecule has 0 aromatic rings. The van der Waals surface area contributed by atoms with E-state index in [9.17, 15) is 10.1 Å². The van der Waals surface area contributed by atoms with E-state index in [1.165, 1.54) is 12.1 Å². The molecule has 0 aromatic carbocycles. The molecule has 0 atom stereocenters. The third-order valence-electron chi connectivity index (χ3n) is 0.859. The summed E-state index contributed by atoms with van der Waals surface area (Å²) >= 11 is 0. The smallest absolute Gasteiger partial charge is 0.259 e. The van der Waals surface area contributed by atoms with Crippen molar-refractivity contribution < 1.29 is 4.92 Å². The van der Waals surface area contributed by atoms with Crippen molar-refractivity contribution in [2.45, 2.75) is 6.92 Å². The summed E-state index contributed by atoms with van der Waals surface area (Å²) in [5, 5.41) is 26.1. The molecular formula is C5H3N3O2. The molecule has 0 aliphatic heterocycles. The van der Waals surface area contributed by atoms with Gasteiger partial charge in [-0.2, -0.15) is 10.5 Å². The average Bonchev–Trinajstić information content (AvgIpc) is 1.90. The molecule has 0 spiro atoms. The van der Waals surface area contributed by atoms with Gasteiger partial charge in [-0.3, -0.25) is 10.1 Å².